The molecule has 0 radical (unpaired) electrons. The first kappa shape index (κ1) is 17.3. The van der Waals surface area contributed by atoms with Gasteiger partial charge in [0, 0.05) is 10.3 Å². The van der Waals surface area contributed by atoms with Crippen LogP contribution in [0, 0.1) is 19.7 Å². The standard InChI is InChI=1S/C15H12ClFN2O2S3/c1-8-15(6-14(23-8)13-7-22-9(2)18-13)24(20,21)19-10-3-4-12(17)11(16)5-10/h3-7,19H,1-2H3. The monoisotopic (exact) mass is 402 g/mol. The number of hydrogen-bond acceptors (Lipinski definition) is 5. The number of aromatic nitrogens is 1. The van der Waals surface area contributed by atoms with Crippen molar-refractivity contribution in [2.45, 2.75) is 18.7 Å². The van der Waals surface area contributed by atoms with Crippen LogP contribution in [-0.2, 0) is 10.0 Å². The van der Waals surface area contributed by atoms with E-state index in [0.29, 0.717) is 4.88 Å². The van der Waals surface area contributed by atoms with Crippen molar-refractivity contribution in [1.82, 2.24) is 4.98 Å². The molecule has 0 bridgehead atoms. The highest BCUT2D eigenvalue weighted by molar-refractivity contribution is 7.93. The summed E-state index contributed by atoms with van der Waals surface area (Å²) in [5.41, 5.74) is 0.968. The summed E-state index contributed by atoms with van der Waals surface area (Å²) in [5.74, 6) is -0.604. The Kier molecular flexibility index (Phi) is 4.65. The van der Waals surface area contributed by atoms with Gasteiger partial charge in [0.05, 0.1) is 26.3 Å². The molecule has 0 fully saturated rings. The predicted octanol–water partition coefficient (Wildman–Crippen LogP) is 5.08. The number of rotatable bonds is 4. The zero-order valence-electron chi connectivity index (χ0n) is 12.6. The normalized spacial score (nSPS) is 11.7. The molecule has 24 heavy (non-hydrogen) atoms. The molecule has 0 aliphatic heterocycles. The van der Waals surface area contributed by atoms with Gasteiger partial charge in [0.15, 0.2) is 0 Å². The van der Waals surface area contributed by atoms with Gasteiger partial charge in [-0.1, -0.05) is 11.6 Å². The van der Waals surface area contributed by atoms with Crippen LogP contribution in [0.3, 0.4) is 0 Å². The van der Waals surface area contributed by atoms with Crippen LogP contribution in [0.5, 0.6) is 0 Å². The summed E-state index contributed by atoms with van der Waals surface area (Å²) in [4.78, 5) is 5.99. The number of nitrogens with zero attached hydrogens (tertiary/aromatic N) is 1. The molecule has 126 valence electrons. The zero-order valence-corrected chi connectivity index (χ0v) is 15.8. The quantitative estimate of drug-likeness (QED) is 0.661. The summed E-state index contributed by atoms with van der Waals surface area (Å²) in [6.07, 6.45) is 0. The minimum atomic E-state index is -3.80. The Morgan fingerprint density at radius 2 is 2.00 bits per heavy atom. The summed E-state index contributed by atoms with van der Waals surface area (Å²) < 4.78 is 40.8. The lowest BCUT2D eigenvalue weighted by Crippen LogP contribution is -2.13. The summed E-state index contributed by atoms with van der Waals surface area (Å²) in [6.45, 7) is 3.63. The van der Waals surface area contributed by atoms with Crippen LogP contribution in [0.25, 0.3) is 10.6 Å². The van der Waals surface area contributed by atoms with Crippen molar-refractivity contribution >= 4 is 50.0 Å². The molecule has 4 nitrogen and oxygen atoms in total. The highest BCUT2D eigenvalue weighted by atomic mass is 35.5. The number of thiophene rings is 1. The third-order valence-electron chi connectivity index (χ3n) is 3.21. The molecule has 3 rings (SSSR count). The molecular weight excluding hydrogens is 391 g/mol. The van der Waals surface area contributed by atoms with Crippen LogP contribution in [0.4, 0.5) is 10.1 Å². The van der Waals surface area contributed by atoms with Gasteiger partial charge in [-0.05, 0) is 38.1 Å². The van der Waals surface area contributed by atoms with Crippen LogP contribution in [0.15, 0.2) is 34.5 Å². The van der Waals surface area contributed by atoms with Gasteiger partial charge in [-0.25, -0.2) is 17.8 Å². The van der Waals surface area contributed by atoms with E-state index in [2.05, 4.69) is 9.71 Å². The lowest BCUT2D eigenvalue weighted by molar-refractivity contribution is 0.601. The van der Waals surface area contributed by atoms with E-state index in [1.54, 1.807) is 13.0 Å². The van der Waals surface area contributed by atoms with Gasteiger partial charge in [-0.3, -0.25) is 4.72 Å². The van der Waals surface area contributed by atoms with E-state index >= 15 is 0 Å². The molecule has 0 amide bonds. The number of benzene rings is 1. The zero-order chi connectivity index (χ0) is 17.5. The second kappa shape index (κ2) is 6.44. The molecule has 0 aliphatic rings. The van der Waals surface area contributed by atoms with E-state index in [1.165, 1.54) is 34.8 Å². The van der Waals surface area contributed by atoms with Crippen LogP contribution in [0.1, 0.15) is 9.88 Å². The molecule has 1 N–H and O–H groups in total. The number of thiazole rings is 1. The van der Waals surface area contributed by atoms with Gasteiger partial charge in [0.2, 0.25) is 0 Å². The number of hydrogen-bond donors (Lipinski definition) is 1. The first-order valence-corrected chi connectivity index (χ1v) is 10.3. The molecule has 3 aromatic rings. The van der Waals surface area contributed by atoms with Crippen molar-refractivity contribution in [1.29, 1.82) is 0 Å². The summed E-state index contributed by atoms with van der Waals surface area (Å²) >= 11 is 8.56. The fourth-order valence-corrected chi connectivity index (χ4v) is 5.58. The van der Waals surface area contributed by atoms with Crippen molar-refractivity contribution in [2.24, 2.45) is 0 Å². The third-order valence-corrected chi connectivity index (χ3v) is 6.98. The second-order valence-electron chi connectivity index (χ2n) is 5.02. The largest absolute Gasteiger partial charge is 0.280 e. The number of sulfonamides is 1. The number of aryl methyl sites for hydroxylation is 2. The van der Waals surface area contributed by atoms with Crippen molar-refractivity contribution < 1.29 is 12.8 Å². The van der Waals surface area contributed by atoms with Gasteiger partial charge >= 0.3 is 0 Å². The number of halogens is 2. The van der Waals surface area contributed by atoms with Gasteiger partial charge in [0.25, 0.3) is 10.0 Å². The molecule has 0 unspecified atom stereocenters. The van der Waals surface area contributed by atoms with Crippen molar-refractivity contribution in [3.05, 3.63) is 50.4 Å². The third kappa shape index (κ3) is 3.46. The van der Waals surface area contributed by atoms with E-state index in [-0.39, 0.29) is 15.6 Å². The van der Waals surface area contributed by atoms with Gasteiger partial charge in [0.1, 0.15) is 10.7 Å². The Hall–Kier alpha value is -1.48. The Balaban J connectivity index is 1.95. The average Bonchev–Trinajstić information content (AvgIpc) is 3.09. The molecule has 1 aromatic carbocycles. The van der Waals surface area contributed by atoms with E-state index in [9.17, 15) is 12.8 Å². The smallest absolute Gasteiger partial charge is 0.263 e. The Morgan fingerprint density at radius 3 is 2.62 bits per heavy atom. The topological polar surface area (TPSA) is 59.1 Å². The molecule has 2 aromatic heterocycles. The minimum Gasteiger partial charge on any atom is -0.280 e. The molecule has 0 saturated heterocycles. The van der Waals surface area contributed by atoms with E-state index in [1.807, 2.05) is 12.3 Å². The van der Waals surface area contributed by atoms with Crippen LogP contribution >= 0.6 is 34.3 Å². The fourth-order valence-electron chi connectivity index (χ4n) is 2.10. The van der Waals surface area contributed by atoms with Gasteiger partial charge in [-0.15, -0.1) is 22.7 Å². The van der Waals surface area contributed by atoms with Crippen LogP contribution in [-0.4, -0.2) is 13.4 Å². The molecule has 0 atom stereocenters. The fraction of sp³-hybridized carbons (Fsp3) is 0.133. The van der Waals surface area contributed by atoms with Gasteiger partial charge < -0.3 is 0 Å². The summed E-state index contributed by atoms with van der Waals surface area (Å²) in [7, 11) is -3.80. The van der Waals surface area contributed by atoms with Crippen LogP contribution in [0.2, 0.25) is 5.02 Å². The molecule has 9 heteroatoms. The van der Waals surface area contributed by atoms with Crippen LogP contribution < -0.4 is 4.72 Å². The van der Waals surface area contributed by atoms with E-state index in [0.717, 1.165) is 21.6 Å². The average molecular weight is 403 g/mol. The maximum Gasteiger partial charge on any atom is 0.263 e. The minimum absolute atomic E-state index is 0.143. The highest BCUT2D eigenvalue weighted by Gasteiger charge is 2.21. The summed E-state index contributed by atoms with van der Waals surface area (Å²) in [5, 5.41) is 2.67. The Bertz CT molecular complexity index is 1010. The molecule has 0 saturated carbocycles. The second-order valence-corrected chi connectivity index (χ2v) is 9.39. The molecule has 0 aliphatic carbocycles. The maximum atomic E-state index is 13.2. The molecule has 2 heterocycles. The lowest BCUT2D eigenvalue weighted by Gasteiger charge is -2.08. The first-order chi connectivity index (χ1) is 11.3. The first-order valence-electron chi connectivity index (χ1n) is 6.77. The number of nitrogens with one attached hydrogen (secondary N) is 1. The molecular formula is C15H12ClFN2O2S3. The van der Waals surface area contributed by atoms with E-state index in [4.69, 9.17) is 11.6 Å². The van der Waals surface area contributed by atoms with Crippen molar-refractivity contribution in [3.8, 4) is 10.6 Å². The Labute approximate surface area is 152 Å². The Morgan fingerprint density at radius 1 is 1.25 bits per heavy atom. The highest BCUT2D eigenvalue weighted by Crippen LogP contribution is 2.35. The SMILES string of the molecule is Cc1nc(-c2cc(S(=O)(=O)Nc3ccc(F)c(Cl)c3)c(C)s2)cs1. The number of anilines is 1. The van der Waals surface area contributed by atoms with Crippen molar-refractivity contribution in [3.63, 3.8) is 0 Å². The summed E-state index contributed by atoms with van der Waals surface area (Å²) in [6, 6.07) is 5.28. The van der Waals surface area contributed by atoms with Crippen molar-refractivity contribution in [2.75, 3.05) is 4.72 Å². The van der Waals surface area contributed by atoms with Gasteiger partial charge in [-0.2, -0.15) is 0 Å². The maximum absolute atomic E-state index is 13.2. The lowest BCUT2D eigenvalue weighted by atomic mass is 10.3. The predicted molar refractivity (Wildman–Crippen MR) is 97.1 cm³/mol. The molecule has 0 spiro atoms. The van der Waals surface area contributed by atoms with E-state index < -0.39 is 15.8 Å².